The highest BCUT2D eigenvalue weighted by Crippen LogP contribution is 2.34. The first-order valence-electron chi connectivity index (χ1n) is 11.1. The van der Waals surface area contributed by atoms with Crippen molar-refractivity contribution < 1.29 is 14.3 Å². The average Bonchev–Trinajstić information content (AvgIpc) is 3.67. The van der Waals surface area contributed by atoms with E-state index in [0.29, 0.717) is 29.5 Å². The summed E-state index contributed by atoms with van der Waals surface area (Å²) in [4.78, 5) is 34.1. The van der Waals surface area contributed by atoms with Crippen LogP contribution >= 0.6 is 11.6 Å². The van der Waals surface area contributed by atoms with Crippen LogP contribution in [-0.4, -0.2) is 34.9 Å². The Labute approximate surface area is 203 Å². The molecule has 3 N–H and O–H groups in total. The molecule has 0 saturated heterocycles. The summed E-state index contributed by atoms with van der Waals surface area (Å²) >= 11 is 6.42. The molecule has 1 unspecified atom stereocenters. The van der Waals surface area contributed by atoms with Crippen LogP contribution in [0.3, 0.4) is 0 Å². The molecule has 2 amide bonds. The maximum atomic E-state index is 13.0. The first kappa shape index (κ1) is 23.5. The third kappa shape index (κ3) is 6.45. The first-order chi connectivity index (χ1) is 16.5. The van der Waals surface area contributed by atoms with E-state index in [1.54, 1.807) is 42.7 Å². The van der Waals surface area contributed by atoms with E-state index in [2.05, 4.69) is 25.9 Å². The molecular formula is C25H26ClN5O3. The number of methoxy groups -OCH3 is 1. The zero-order chi connectivity index (χ0) is 23.9. The molecule has 2 heterocycles. The third-order valence-electron chi connectivity index (χ3n) is 5.58. The van der Waals surface area contributed by atoms with Gasteiger partial charge in [-0.2, -0.15) is 0 Å². The summed E-state index contributed by atoms with van der Waals surface area (Å²) in [6, 6.07) is 11.4. The van der Waals surface area contributed by atoms with Crippen molar-refractivity contribution in [2.75, 3.05) is 17.7 Å². The molecule has 2 aromatic heterocycles. The summed E-state index contributed by atoms with van der Waals surface area (Å²) in [6.45, 7) is 0. The van der Waals surface area contributed by atoms with Gasteiger partial charge in [0, 0.05) is 29.8 Å². The van der Waals surface area contributed by atoms with E-state index in [0.717, 1.165) is 17.8 Å². The molecule has 9 heteroatoms. The molecule has 0 bridgehead atoms. The fourth-order valence-electron chi connectivity index (χ4n) is 3.50. The van der Waals surface area contributed by atoms with Gasteiger partial charge in [-0.15, -0.1) is 0 Å². The normalized spacial score (nSPS) is 13.6. The number of anilines is 3. The van der Waals surface area contributed by atoms with Crippen LogP contribution in [0.25, 0.3) is 0 Å². The second-order valence-electron chi connectivity index (χ2n) is 8.18. The van der Waals surface area contributed by atoms with Crippen molar-refractivity contribution in [1.29, 1.82) is 0 Å². The quantitative estimate of drug-likeness (QED) is 0.385. The van der Waals surface area contributed by atoms with E-state index in [-0.39, 0.29) is 10.9 Å². The molecule has 0 aliphatic heterocycles. The smallest absolute Gasteiger partial charge is 0.253 e. The SMILES string of the molecule is COc1ccc(NC(=O)C(CCC2CC2)NC(=O)c2ccc(Nc3ccncc3)cc2Cl)cn1. The van der Waals surface area contributed by atoms with Crippen LogP contribution in [0.2, 0.25) is 5.02 Å². The van der Waals surface area contributed by atoms with Crippen molar-refractivity contribution in [3.05, 3.63) is 71.6 Å². The van der Waals surface area contributed by atoms with Gasteiger partial charge < -0.3 is 20.7 Å². The zero-order valence-electron chi connectivity index (χ0n) is 18.8. The van der Waals surface area contributed by atoms with Gasteiger partial charge in [0.15, 0.2) is 0 Å². The molecule has 1 saturated carbocycles. The van der Waals surface area contributed by atoms with E-state index in [1.165, 1.54) is 26.1 Å². The number of ether oxygens (including phenoxy) is 1. The van der Waals surface area contributed by atoms with E-state index >= 15 is 0 Å². The number of carbonyl (C=O) groups is 2. The van der Waals surface area contributed by atoms with Crippen molar-refractivity contribution in [3.63, 3.8) is 0 Å². The van der Waals surface area contributed by atoms with Crippen molar-refractivity contribution in [1.82, 2.24) is 15.3 Å². The molecule has 176 valence electrons. The molecule has 1 aliphatic rings. The first-order valence-corrected chi connectivity index (χ1v) is 11.5. The van der Waals surface area contributed by atoms with Crippen molar-refractivity contribution in [3.8, 4) is 5.88 Å². The molecule has 0 spiro atoms. The minimum atomic E-state index is -0.694. The molecule has 0 radical (unpaired) electrons. The maximum absolute atomic E-state index is 13.0. The standard InChI is InChI=1S/C25H26ClN5O3/c1-34-23-9-6-19(15-28-23)30-25(33)22(8-4-16-2-3-16)31-24(32)20-7-5-18(14-21(20)26)29-17-10-12-27-13-11-17/h5-7,9-16,22H,2-4,8H2,1H3,(H,27,29)(H,30,33)(H,31,32). The van der Waals surface area contributed by atoms with Gasteiger partial charge in [0.2, 0.25) is 11.8 Å². The maximum Gasteiger partial charge on any atom is 0.253 e. The van der Waals surface area contributed by atoms with Crippen molar-refractivity contribution in [2.45, 2.75) is 31.7 Å². The minimum Gasteiger partial charge on any atom is -0.481 e. The number of nitrogens with one attached hydrogen (secondary N) is 3. The molecule has 1 aromatic carbocycles. The van der Waals surface area contributed by atoms with Gasteiger partial charge in [0.05, 0.1) is 29.6 Å². The number of nitrogens with zero attached hydrogens (tertiary/aromatic N) is 2. The number of aromatic nitrogens is 2. The summed E-state index contributed by atoms with van der Waals surface area (Å²) < 4.78 is 5.05. The Kier molecular flexibility index (Phi) is 7.59. The van der Waals surface area contributed by atoms with E-state index < -0.39 is 11.9 Å². The zero-order valence-corrected chi connectivity index (χ0v) is 19.5. The number of benzene rings is 1. The number of hydrogen-bond donors (Lipinski definition) is 3. The van der Waals surface area contributed by atoms with Gasteiger partial charge in [0.1, 0.15) is 6.04 Å². The van der Waals surface area contributed by atoms with Gasteiger partial charge in [-0.3, -0.25) is 14.6 Å². The number of amides is 2. The fraction of sp³-hybridized carbons (Fsp3) is 0.280. The molecule has 1 aliphatic carbocycles. The summed E-state index contributed by atoms with van der Waals surface area (Å²) in [5.74, 6) is 0.377. The van der Waals surface area contributed by atoms with Crippen LogP contribution in [0, 0.1) is 5.92 Å². The largest absolute Gasteiger partial charge is 0.481 e. The minimum absolute atomic E-state index is 0.289. The van der Waals surface area contributed by atoms with Gasteiger partial charge in [-0.25, -0.2) is 4.98 Å². The van der Waals surface area contributed by atoms with E-state index in [9.17, 15) is 9.59 Å². The fourth-order valence-corrected chi connectivity index (χ4v) is 3.76. The Morgan fingerprint density at radius 3 is 2.50 bits per heavy atom. The monoisotopic (exact) mass is 479 g/mol. The number of hydrogen-bond acceptors (Lipinski definition) is 6. The highest BCUT2D eigenvalue weighted by molar-refractivity contribution is 6.34. The van der Waals surface area contributed by atoms with E-state index in [4.69, 9.17) is 16.3 Å². The van der Waals surface area contributed by atoms with Crippen LogP contribution in [-0.2, 0) is 4.79 Å². The van der Waals surface area contributed by atoms with Gasteiger partial charge >= 0.3 is 0 Å². The number of carbonyl (C=O) groups excluding carboxylic acids is 2. The number of rotatable bonds is 10. The molecule has 1 atom stereocenters. The summed E-state index contributed by atoms with van der Waals surface area (Å²) in [5.41, 5.74) is 2.43. The highest BCUT2D eigenvalue weighted by atomic mass is 35.5. The lowest BCUT2D eigenvalue weighted by Gasteiger charge is -2.19. The second-order valence-corrected chi connectivity index (χ2v) is 8.59. The summed E-state index contributed by atoms with van der Waals surface area (Å²) in [7, 11) is 1.52. The predicted molar refractivity (Wildman–Crippen MR) is 132 cm³/mol. The molecule has 8 nitrogen and oxygen atoms in total. The lowest BCUT2D eigenvalue weighted by atomic mass is 10.1. The third-order valence-corrected chi connectivity index (χ3v) is 5.89. The Morgan fingerprint density at radius 2 is 1.85 bits per heavy atom. The predicted octanol–water partition coefficient (Wildman–Crippen LogP) is 4.81. The number of halogens is 1. The molecule has 4 rings (SSSR count). The topological polar surface area (TPSA) is 105 Å². The highest BCUT2D eigenvalue weighted by Gasteiger charge is 2.27. The van der Waals surface area contributed by atoms with Crippen molar-refractivity contribution >= 4 is 40.5 Å². The second kappa shape index (κ2) is 11.0. The summed E-state index contributed by atoms with van der Waals surface area (Å²) in [6.07, 6.45) is 8.64. The van der Waals surface area contributed by atoms with Gasteiger partial charge in [-0.05, 0) is 55.2 Å². The number of pyridine rings is 2. The Balaban J connectivity index is 1.43. The van der Waals surface area contributed by atoms with Gasteiger partial charge in [-0.1, -0.05) is 24.4 Å². The molecular weight excluding hydrogens is 454 g/mol. The van der Waals surface area contributed by atoms with Crippen LogP contribution in [0.5, 0.6) is 5.88 Å². The summed E-state index contributed by atoms with van der Waals surface area (Å²) in [5, 5.41) is 9.18. The lowest BCUT2D eigenvalue weighted by Crippen LogP contribution is -2.44. The van der Waals surface area contributed by atoms with Crippen LogP contribution in [0.1, 0.15) is 36.0 Å². The molecule has 3 aromatic rings. The van der Waals surface area contributed by atoms with Crippen LogP contribution < -0.4 is 20.7 Å². The van der Waals surface area contributed by atoms with Gasteiger partial charge in [0.25, 0.3) is 5.91 Å². The van der Waals surface area contributed by atoms with E-state index in [1.807, 2.05) is 12.1 Å². The Morgan fingerprint density at radius 1 is 1.09 bits per heavy atom. The lowest BCUT2D eigenvalue weighted by molar-refractivity contribution is -0.118. The van der Waals surface area contributed by atoms with Crippen LogP contribution in [0.4, 0.5) is 17.1 Å². The Hall–Kier alpha value is -3.65. The molecule has 1 fully saturated rings. The average molecular weight is 480 g/mol. The Bertz CT molecular complexity index is 1140. The van der Waals surface area contributed by atoms with Crippen LogP contribution in [0.15, 0.2) is 61.1 Å². The molecule has 34 heavy (non-hydrogen) atoms. The van der Waals surface area contributed by atoms with Crippen molar-refractivity contribution in [2.24, 2.45) is 5.92 Å².